The van der Waals surface area contributed by atoms with Crippen molar-refractivity contribution >= 4 is 0 Å². The van der Waals surface area contributed by atoms with Crippen LogP contribution in [-0.4, -0.2) is 33.6 Å². The average Bonchev–Trinajstić information content (AvgIpc) is 2.90. The minimum absolute atomic E-state index is 0.228. The summed E-state index contributed by atoms with van der Waals surface area (Å²) in [6, 6.07) is 7.97. The van der Waals surface area contributed by atoms with Crippen LogP contribution in [0, 0.1) is 5.92 Å². The fraction of sp³-hybridized carbons (Fsp3) is 0.467. The summed E-state index contributed by atoms with van der Waals surface area (Å²) in [5, 5.41) is 17.9. The van der Waals surface area contributed by atoms with Gasteiger partial charge >= 0.3 is 0 Å². The molecule has 0 fully saturated rings. The molecule has 2 heterocycles. The second-order valence-electron chi connectivity index (χ2n) is 5.22. The largest absolute Gasteiger partial charge is 0.496 e. The highest BCUT2D eigenvalue weighted by atomic mass is 16.5. The summed E-state index contributed by atoms with van der Waals surface area (Å²) in [4.78, 5) is 0. The first-order valence-electron chi connectivity index (χ1n) is 6.95. The summed E-state index contributed by atoms with van der Waals surface area (Å²) in [5.41, 5.74) is 1.11. The van der Waals surface area contributed by atoms with Crippen LogP contribution in [0.2, 0.25) is 0 Å². The first-order valence-corrected chi connectivity index (χ1v) is 6.95. The molecule has 5 nitrogen and oxygen atoms in total. The van der Waals surface area contributed by atoms with Crippen molar-refractivity contribution in [2.24, 2.45) is 5.92 Å². The van der Waals surface area contributed by atoms with Gasteiger partial charge in [0.15, 0.2) is 0 Å². The van der Waals surface area contributed by atoms with Crippen LogP contribution in [0.3, 0.4) is 0 Å². The number of hydrogen-bond acceptors (Lipinski definition) is 4. The Bertz CT molecular complexity index is 595. The summed E-state index contributed by atoms with van der Waals surface area (Å²) in [6.45, 7) is 1.04. The second kappa shape index (κ2) is 5.63. The molecule has 1 aromatic carbocycles. The summed E-state index contributed by atoms with van der Waals surface area (Å²) >= 11 is 0. The maximum Gasteiger partial charge on any atom is 0.137 e. The summed E-state index contributed by atoms with van der Waals surface area (Å²) < 4.78 is 7.53. The number of aromatic nitrogens is 3. The average molecular weight is 273 g/mol. The van der Waals surface area contributed by atoms with E-state index >= 15 is 0 Å². The number of aryl methyl sites for hydroxylation is 1. The fourth-order valence-corrected chi connectivity index (χ4v) is 2.75. The van der Waals surface area contributed by atoms with Crippen molar-refractivity contribution in [1.82, 2.24) is 14.8 Å². The van der Waals surface area contributed by atoms with Crippen LogP contribution < -0.4 is 4.74 Å². The van der Waals surface area contributed by atoms with Crippen molar-refractivity contribution < 1.29 is 9.84 Å². The first-order chi connectivity index (χ1) is 9.81. The third kappa shape index (κ3) is 2.41. The van der Waals surface area contributed by atoms with Crippen molar-refractivity contribution in [2.75, 3.05) is 13.7 Å². The second-order valence-corrected chi connectivity index (χ2v) is 5.22. The van der Waals surface area contributed by atoms with Crippen LogP contribution in [0.1, 0.15) is 23.6 Å². The van der Waals surface area contributed by atoms with E-state index in [4.69, 9.17) is 4.74 Å². The Morgan fingerprint density at radius 2 is 2.20 bits per heavy atom. The van der Waals surface area contributed by atoms with E-state index in [2.05, 4.69) is 14.8 Å². The molecule has 1 N–H and O–H groups in total. The third-order valence-corrected chi connectivity index (χ3v) is 3.92. The zero-order valence-electron chi connectivity index (χ0n) is 11.6. The summed E-state index contributed by atoms with van der Waals surface area (Å²) in [7, 11) is 1.68. The van der Waals surface area contributed by atoms with Gasteiger partial charge in [-0.15, -0.1) is 10.2 Å². The van der Waals surface area contributed by atoms with Crippen LogP contribution in [0.25, 0.3) is 0 Å². The van der Waals surface area contributed by atoms with Gasteiger partial charge in [-0.25, -0.2) is 0 Å². The molecule has 0 radical (unpaired) electrons. The lowest BCUT2D eigenvalue weighted by molar-refractivity contribution is 0.189. The number of fused-ring (bicyclic) bond motifs is 1. The van der Waals surface area contributed by atoms with Crippen molar-refractivity contribution in [3.05, 3.63) is 41.5 Å². The SMILES string of the molecule is COc1ccccc1Cc1nnc2n1CC(CO)CC2. The van der Waals surface area contributed by atoms with Crippen LogP contribution in [0.15, 0.2) is 24.3 Å². The highest BCUT2D eigenvalue weighted by molar-refractivity contribution is 5.35. The van der Waals surface area contributed by atoms with E-state index < -0.39 is 0 Å². The van der Waals surface area contributed by atoms with E-state index in [1.54, 1.807) is 7.11 Å². The molecule has 0 bridgehead atoms. The Labute approximate surface area is 118 Å². The Kier molecular flexibility index (Phi) is 3.69. The normalized spacial score (nSPS) is 17.8. The number of aliphatic hydroxyl groups excluding tert-OH is 1. The number of rotatable bonds is 4. The van der Waals surface area contributed by atoms with Gasteiger partial charge in [-0.3, -0.25) is 0 Å². The monoisotopic (exact) mass is 273 g/mol. The third-order valence-electron chi connectivity index (χ3n) is 3.92. The molecule has 1 aliphatic heterocycles. The molecule has 3 rings (SSSR count). The lowest BCUT2D eigenvalue weighted by Crippen LogP contribution is -2.24. The minimum atomic E-state index is 0.228. The first kappa shape index (κ1) is 13.1. The Morgan fingerprint density at radius 1 is 1.35 bits per heavy atom. The Morgan fingerprint density at radius 3 is 3.00 bits per heavy atom. The van der Waals surface area contributed by atoms with Gasteiger partial charge in [-0.05, 0) is 12.5 Å². The lowest BCUT2D eigenvalue weighted by atomic mass is 10.00. The molecule has 106 valence electrons. The van der Waals surface area contributed by atoms with Gasteiger partial charge in [-0.1, -0.05) is 18.2 Å². The van der Waals surface area contributed by atoms with Crippen LogP contribution in [0.5, 0.6) is 5.75 Å². The van der Waals surface area contributed by atoms with Crippen LogP contribution in [-0.2, 0) is 19.4 Å². The standard InChI is InChI=1S/C15H19N3O2/c1-20-13-5-3-2-4-12(13)8-15-17-16-14-7-6-11(10-19)9-18(14)15/h2-5,11,19H,6-10H2,1H3. The molecular weight excluding hydrogens is 254 g/mol. The summed E-state index contributed by atoms with van der Waals surface area (Å²) in [6.07, 6.45) is 2.59. The van der Waals surface area contributed by atoms with Gasteiger partial charge in [0.05, 0.1) is 7.11 Å². The number of nitrogens with zero attached hydrogens (tertiary/aromatic N) is 3. The number of hydrogen-bond donors (Lipinski definition) is 1. The quantitative estimate of drug-likeness (QED) is 0.915. The molecule has 1 atom stereocenters. The molecule has 2 aromatic rings. The van der Waals surface area contributed by atoms with Crippen molar-refractivity contribution in [1.29, 1.82) is 0 Å². The number of ether oxygens (including phenoxy) is 1. The topological polar surface area (TPSA) is 60.2 Å². The predicted octanol–water partition coefficient (Wildman–Crippen LogP) is 1.43. The van der Waals surface area contributed by atoms with E-state index in [1.807, 2.05) is 24.3 Å². The molecule has 0 saturated carbocycles. The van der Waals surface area contributed by atoms with E-state index in [-0.39, 0.29) is 6.61 Å². The van der Waals surface area contributed by atoms with E-state index in [0.717, 1.165) is 42.3 Å². The number of para-hydroxylation sites is 1. The Hall–Kier alpha value is -1.88. The van der Waals surface area contributed by atoms with Crippen molar-refractivity contribution in [2.45, 2.75) is 25.8 Å². The molecule has 0 saturated heterocycles. The molecule has 1 unspecified atom stereocenters. The zero-order valence-corrected chi connectivity index (χ0v) is 11.6. The van der Waals surface area contributed by atoms with E-state index in [0.29, 0.717) is 12.3 Å². The highest BCUT2D eigenvalue weighted by Gasteiger charge is 2.22. The maximum atomic E-state index is 9.34. The molecule has 5 heteroatoms. The van der Waals surface area contributed by atoms with Crippen LogP contribution in [0.4, 0.5) is 0 Å². The van der Waals surface area contributed by atoms with Crippen LogP contribution >= 0.6 is 0 Å². The minimum Gasteiger partial charge on any atom is -0.496 e. The number of aliphatic hydroxyl groups is 1. The molecule has 0 spiro atoms. The Balaban J connectivity index is 1.87. The van der Waals surface area contributed by atoms with Gasteiger partial charge < -0.3 is 14.4 Å². The predicted molar refractivity (Wildman–Crippen MR) is 74.7 cm³/mol. The molecular formula is C15H19N3O2. The van der Waals surface area contributed by atoms with Crippen molar-refractivity contribution in [3.63, 3.8) is 0 Å². The zero-order chi connectivity index (χ0) is 13.9. The molecule has 1 aromatic heterocycles. The highest BCUT2D eigenvalue weighted by Crippen LogP contribution is 2.24. The van der Waals surface area contributed by atoms with Gasteiger partial charge in [0.25, 0.3) is 0 Å². The van der Waals surface area contributed by atoms with E-state index in [9.17, 15) is 5.11 Å². The number of benzene rings is 1. The lowest BCUT2D eigenvalue weighted by Gasteiger charge is -2.22. The summed E-state index contributed by atoms with van der Waals surface area (Å²) in [5.74, 6) is 3.16. The molecule has 20 heavy (non-hydrogen) atoms. The molecule has 0 amide bonds. The molecule has 0 aliphatic carbocycles. The van der Waals surface area contributed by atoms with E-state index in [1.165, 1.54) is 0 Å². The number of methoxy groups -OCH3 is 1. The smallest absolute Gasteiger partial charge is 0.137 e. The van der Waals surface area contributed by atoms with Gasteiger partial charge in [0, 0.05) is 37.5 Å². The van der Waals surface area contributed by atoms with Gasteiger partial charge in [0.1, 0.15) is 17.4 Å². The molecule has 1 aliphatic rings. The van der Waals surface area contributed by atoms with Crippen molar-refractivity contribution in [3.8, 4) is 5.75 Å². The van der Waals surface area contributed by atoms with Gasteiger partial charge in [0.2, 0.25) is 0 Å². The fourth-order valence-electron chi connectivity index (χ4n) is 2.75. The van der Waals surface area contributed by atoms with Gasteiger partial charge in [-0.2, -0.15) is 0 Å². The maximum absolute atomic E-state index is 9.34.